The van der Waals surface area contributed by atoms with E-state index in [1.54, 1.807) is 57.2 Å². The standard InChI is InChI=1S/C32H34FN5O8/c1-6-24(46-31(42)43-18-21-10-8-7-9-11-21)45-26-25(23(39)17-14-20-12-15-22(33)16-13-20)34-30(38(5)29(26)41)32(3,4)35-27(40)28-37-36-19(2)44-28/h7-13,15-16,24H,6,14,17-18H2,1-5H3,(H,35,40). The molecular weight excluding hydrogens is 601 g/mol. The fourth-order valence-electron chi connectivity index (χ4n) is 4.42. The van der Waals surface area contributed by atoms with Gasteiger partial charge in [-0.1, -0.05) is 49.4 Å². The normalized spacial score (nSPS) is 11.9. The Balaban J connectivity index is 1.63. The fourth-order valence-corrected chi connectivity index (χ4v) is 4.42. The third kappa shape index (κ3) is 8.40. The highest BCUT2D eigenvalue weighted by atomic mass is 19.1. The van der Waals surface area contributed by atoms with Crippen molar-refractivity contribution in [3.8, 4) is 5.75 Å². The van der Waals surface area contributed by atoms with Crippen molar-refractivity contribution in [1.82, 2.24) is 25.1 Å². The Kier molecular flexibility index (Phi) is 10.6. The van der Waals surface area contributed by atoms with Gasteiger partial charge in [-0.2, -0.15) is 0 Å². The average molecular weight is 636 g/mol. The molecule has 0 saturated heterocycles. The molecule has 46 heavy (non-hydrogen) atoms. The lowest BCUT2D eigenvalue weighted by Gasteiger charge is -2.28. The van der Waals surface area contributed by atoms with E-state index in [-0.39, 0.29) is 49.2 Å². The van der Waals surface area contributed by atoms with Gasteiger partial charge in [0.05, 0.1) is 5.54 Å². The molecule has 2 aromatic carbocycles. The second-order valence-corrected chi connectivity index (χ2v) is 10.8. The molecule has 0 aliphatic rings. The first-order valence-electron chi connectivity index (χ1n) is 14.4. The molecule has 1 amide bonds. The van der Waals surface area contributed by atoms with Gasteiger partial charge in [-0.25, -0.2) is 14.2 Å². The first-order valence-corrected chi connectivity index (χ1v) is 14.4. The maximum atomic E-state index is 13.8. The van der Waals surface area contributed by atoms with Crippen LogP contribution in [-0.4, -0.2) is 43.9 Å². The predicted octanol–water partition coefficient (Wildman–Crippen LogP) is 4.56. The number of carbonyl (C=O) groups is 3. The molecule has 1 N–H and O–H groups in total. The molecule has 1 unspecified atom stereocenters. The summed E-state index contributed by atoms with van der Waals surface area (Å²) in [4.78, 5) is 57.2. The van der Waals surface area contributed by atoms with Crippen molar-refractivity contribution in [2.45, 2.75) is 65.4 Å². The highest BCUT2D eigenvalue weighted by molar-refractivity contribution is 5.97. The molecular formula is C32H34FN5O8. The number of halogens is 1. The third-order valence-corrected chi connectivity index (χ3v) is 6.78. The van der Waals surface area contributed by atoms with Crippen LogP contribution in [0.1, 0.15) is 77.6 Å². The lowest BCUT2D eigenvalue weighted by Crippen LogP contribution is -2.46. The van der Waals surface area contributed by atoms with E-state index < -0.39 is 46.8 Å². The van der Waals surface area contributed by atoms with Crippen LogP contribution in [0, 0.1) is 12.7 Å². The summed E-state index contributed by atoms with van der Waals surface area (Å²) in [7, 11) is 1.39. The van der Waals surface area contributed by atoms with Crippen LogP contribution in [0.3, 0.4) is 0 Å². The van der Waals surface area contributed by atoms with Gasteiger partial charge in [0.2, 0.25) is 17.9 Å². The zero-order chi connectivity index (χ0) is 33.4. The summed E-state index contributed by atoms with van der Waals surface area (Å²) in [5.74, 6) is -2.28. The predicted molar refractivity (Wildman–Crippen MR) is 160 cm³/mol. The number of hydrogen-bond acceptors (Lipinski definition) is 11. The summed E-state index contributed by atoms with van der Waals surface area (Å²) in [6.07, 6.45) is -2.16. The molecule has 0 fully saturated rings. The minimum absolute atomic E-state index is 0.0100. The van der Waals surface area contributed by atoms with Gasteiger partial charge in [0.1, 0.15) is 18.2 Å². The average Bonchev–Trinajstić information content (AvgIpc) is 3.48. The number of rotatable bonds is 13. The van der Waals surface area contributed by atoms with Crippen molar-refractivity contribution in [2.75, 3.05) is 0 Å². The van der Waals surface area contributed by atoms with Crippen molar-refractivity contribution < 1.29 is 37.4 Å². The first kappa shape index (κ1) is 33.5. The van der Waals surface area contributed by atoms with Crippen LogP contribution < -0.4 is 15.6 Å². The molecule has 0 radical (unpaired) electrons. The van der Waals surface area contributed by atoms with E-state index in [4.69, 9.17) is 18.6 Å². The van der Waals surface area contributed by atoms with E-state index in [0.29, 0.717) is 5.56 Å². The summed E-state index contributed by atoms with van der Waals surface area (Å²) in [5, 5.41) is 10.1. The molecule has 2 aromatic heterocycles. The number of amides is 1. The van der Waals surface area contributed by atoms with Crippen LogP contribution in [0.4, 0.5) is 9.18 Å². The molecule has 2 heterocycles. The number of hydrogen-bond donors (Lipinski definition) is 1. The topological polar surface area (TPSA) is 165 Å². The van der Waals surface area contributed by atoms with Gasteiger partial charge in [-0.15, -0.1) is 10.2 Å². The Hall–Kier alpha value is -5.40. The van der Waals surface area contributed by atoms with Gasteiger partial charge < -0.3 is 23.9 Å². The lowest BCUT2D eigenvalue weighted by molar-refractivity contribution is -0.0687. The van der Waals surface area contributed by atoms with Crippen LogP contribution in [0.2, 0.25) is 0 Å². The minimum Gasteiger partial charge on any atom is -0.446 e. The number of aromatic nitrogens is 4. The van der Waals surface area contributed by atoms with Gasteiger partial charge in [0, 0.05) is 26.8 Å². The van der Waals surface area contributed by atoms with Crippen molar-refractivity contribution >= 4 is 17.8 Å². The molecule has 0 spiro atoms. The maximum absolute atomic E-state index is 13.8. The van der Waals surface area contributed by atoms with Crippen LogP contribution >= 0.6 is 0 Å². The quantitative estimate of drug-likeness (QED) is 0.124. The Morgan fingerprint density at radius 1 is 1.04 bits per heavy atom. The van der Waals surface area contributed by atoms with Gasteiger partial charge in [-0.3, -0.25) is 19.0 Å². The molecule has 1 atom stereocenters. The largest absolute Gasteiger partial charge is 0.511 e. The highest BCUT2D eigenvalue weighted by Crippen LogP contribution is 2.24. The maximum Gasteiger partial charge on any atom is 0.511 e. The van der Waals surface area contributed by atoms with Crippen LogP contribution in [0.25, 0.3) is 0 Å². The Bertz CT molecular complexity index is 1750. The Labute approximate surface area is 263 Å². The summed E-state index contributed by atoms with van der Waals surface area (Å²) in [5.41, 5.74) is -1.03. The molecule has 4 aromatic rings. The molecule has 0 bridgehead atoms. The van der Waals surface area contributed by atoms with Crippen molar-refractivity contribution in [3.05, 3.63) is 105 Å². The van der Waals surface area contributed by atoms with Crippen LogP contribution in [0.15, 0.2) is 63.8 Å². The van der Waals surface area contributed by atoms with E-state index >= 15 is 0 Å². The third-order valence-electron chi connectivity index (χ3n) is 6.78. The zero-order valence-electron chi connectivity index (χ0n) is 26.0. The van der Waals surface area contributed by atoms with Crippen LogP contribution in [0.5, 0.6) is 5.75 Å². The summed E-state index contributed by atoms with van der Waals surface area (Å²) >= 11 is 0. The molecule has 4 rings (SSSR count). The van der Waals surface area contributed by atoms with E-state index in [0.717, 1.165) is 10.1 Å². The number of ether oxygens (including phenoxy) is 3. The second-order valence-electron chi connectivity index (χ2n) is 10.8. The molecule has 0 aliphatic heterocycles. The van der Waals surface area contributed by atoms with Crippen LogP contribution in [-0.2, 0) is 35.1 Å². The number of ketones is 1. The highest BCUT2D eigenvalue weighted by Gasteiger charge is 2.34. The summed E-state index contributed by atoms with van der Waals surface area (Å²) in [6.45, 7) is 6.27. The zero-order valence-corrected chi connectivity index (χ0v) is 26.0. The summed E-state index contributed by atoms with van der Waals surface area (Å²) in [6, 6.07) is 14.6. The van der Waals surface area contributed by atoms with Crippen molar-refractivity contribution in [3.63, 3.8) is 0 Å². The Morgan fingerprint density at radius 3 is 2.37 bits per heavy atom. The van der Waals surface area contributed by atoms with Gasteiger partial charge in [0.15, 0.2) is 11.5 Å². The SMILES string of the molecule is CCC(OC(=O)OCc1ccccc1)Oc1c(C(=O)CCc2ccc(F)cc2)nc(C(C)(C)NC(=O)c2nnc(C)o2)n(C)c1=O. The number of benzene rings is 2. The van der Waals surface area contributed by atoms with Gasteiger partial charge in [0.25, 0.3) is 5.56 Å². The number of carbonyl (C=O) groups excluding carboxylic acids is 3. The smallest absolute Gasteiger partial charge is 0.446 e. The Morgan fingerprint density at radius 2 is 1.74 bits per heavy atom. The lowest BCUT2D eigenvalue weighted by atomic mass is 10.0. The number of aryl methyl sites for hydroxylation is 2. The fraction of sp³-hybridized carbons (Fsp3) is 0.344. The van der Waals surface area contributed by atoms with E-state index in [1.807, 2.05) is 6.07 Å². The van der Waals surface area contributed by atoms with Crippen molar-refractivity contribution in [2.24, 2.45) is 7.05 Å². The number of nitrogens with one attached hydrogen (secondary N) is 1. The number of Topliss-reactive ketones (excluding diaryl/α,β-unsaturated/α-hetero) is 1. The molecule has 13 nitrogen and oxygen atoms in total. The summed E-state index contributed by atoms with van der Waals surface area (Å²) < 4.78 is 36.0. The molecule has 0 saturated carbocycles. The minimum atomic E-state index is -1.33. The number of nitrogens with zero attached hydrogens (tertiary/aromatic N) is 4. The van der Waals surface area contributed by atoms with Crippen molar-refractivity contribution in [1.29, 1.82) is 0 Å². The van der Waals surface area contributed by atoms with Gasteiger partial charge >= 0.3 is 18.0 Å². The second kappa shape index (κ2) is 14.6. The first-order chi connectivity index (χ1) is 21.9. The van der Waals surface area contributed by atoms with E-state index in [1.165, 1.54) is 26.1 Å². The van der Waals surface area contributed by atoms with E-state index in [2.05, 4.69) is 20.5 Å². The molecule has 14 heteroatoms. The molecule has 0 aliphatic carbocycles. The van der Waals surface area contributed by atoms with Gasteiger partial charge in [-0.05, 0) is 43.5 Å². The van der Waals surface area contributed by atoms with E-state index in [9.17, 15) is 23.6 Å². The molecule has 242 valence electrons. The monoisotopic (exact) mass is 635 g/mol.